The number of fused-ring (bicyclic) bond motifs is 1. The maximum atomic E-state index is 13.0. The van der Waals surface area contributed by atoms with Gasteiger partial charge < -0.3 is 10.3 Å². The highest BCUT2D eigenvalue weighted by atomic mass is 19.4. The summed E-state index contributed by atoms with van der Waals surface area (Å²) in [4.78, 5) is 25.1. The van der Waals surface area contributed by atoms with Crippen molar-refractivity contribution in [2.24, 2.45) is 0 Å². The standard InChI is InChI=1S/C20H22F3N5O/c1-2-10-28-18(29)15-17(26-16(25-15)12-6-3-4-7-12)27-19(28)24-14-9-5-8-13(11-14)20(21,22)23/h5,8-9,11-12H,2-4,6-7,10H2,1H3,(H,24,27)(H,25,26). The van der Waals surface area contributed by atoms with Gasteiger partial charge in [0, 0.05) is 18.2 Å². The molecule has 0 radical (unpaired) electrons. The molecule has 0 saturated heterocycles. The first-order valence-electron chi connectivity index (χ1n) is 9.81. The van der Waals surface area contributed by atoms with Crippen molar-refractivity contribution in [3.63, 3.8) is 0 Å². The van der Waals surface area contributed by atoms with Crippen molar-refractivity contribution in [1.29, 1.82) is 0 Å². The molecule has 0 spiro atoms. The fraction of sp³-hybridized carbons (Fsp3) is 0.450. The lowest BCUT2D eigenvalue weighted by Gasteiger charge is -2.14. The average molecular weight is 405 g/mol. The number of alkyl halides is 3. The Morgan fingerprint density at radius 1 is 1.24 bits per heavy atom. The number of nitrogens with one attached hydrogen (secondary N) is 2. The monoisotopic (exact) mass is 405 g/mol. The maximum Gasteiger partial charge on any atom is 0.416 e. The predicted octanol–water partition coefficient (Wildman–Crippen LogP) is 4.95. The van der Waals surface area contributed by atoms with E-state index in [-0.39, 0.29) is 17.2 Å². The highest BCUT2D eigenvalue weighted by Gasteiger charge is 2.30. The van der Waals surface area contributed by atoms with E-state index in [1.54, 1.807) is 0 Å². The molecular formula is C20H22F3N5O. The van der Waals surface area contributed by atoms with Gasteiger partial charge in [-0.05, 0) is 37.5 Å². The zero-order chi connectivity index (χ0) is 20.6. The third kappa shape index (κ3) is 3.86. The Hall–Kier alpha value is -2.84. The van der Waals surface area contributed by atoms with Gasteiger partial charge in [-0.2, -0.15) is 18.2 Å². The molecule has 2 aromatic heterocycles. The molecule has 29 heavy (non-hydrogen) atoms. The van der Waals surface area contributed by atoms with Crippen LogP contribution in [0.25, 0.3) is 11.2 Å². The minimum absolute atomic E-state index is 0.188. The van der Waals surface area contributed by atoms with Crippen LogP contribution in [-0.2, 0) is 12.7 Å². The van der Waals surface area contributed by atoms with Gasteiger partial charge in [-0.15, -0.1) is 0 Å². The summed E-state index contributed by atoms with van der Waals surface area (Å²) < 4.78 is 40.5. The van der Waals surface area contributed by atoms with Crippen LogP contribution in [0.5, 0.6) is 0 Å². The molecule has 2 heterocycles. The van der Waals surface area contributed by atoms with E-state index in [9.17, 15) is 18.0 Å². The molecule has 154 valence electrons. The first-order valence-corrected chi connectivity index (χ1v) is 9.81. The van der Waals surface area contributed by atoms with E-state index < -0.39 is 11.7 Å². The van der Waals surface area contributed by atoms with E-state index in [1.165, 1.54) is 16.7 Å². The van der Waals surface area contributed by atoms with E-state index in [4.69, 9.17) is 0 Å². The molecule has 1 saturated carbocycles. The van der Waals surface area contributed by atoms with Crippen LogP contribution >= 0.6 is 0 Å². The summed E-state index contributed by atoms with van der Waals surface area (Å²) in [6.45, 7) is 2.31. The van der Waals surface area contributed by atoms with Crippen molar-refractivity contribution in [3.05, 3.63) is 46.0 Å². The molecule has 0 unspecified atom stereocenters. The number of rotatable bonds is 5. The Labute approximate surface area is 165 Å². The number of aromatic nitrogens is 4. The molecule has 0 aliphatic heterocycles. The van der Waals surface area contributed by atoms with Crippen LogP contribution in [0.3, 0.4) is 0 Å². The lowest BCUT2D eigenvalue weighted by molar-refractivity contribution is -0.137. The summed E-state index contributed by atoms with van der Waals surface area (Å²) in [6.07, 6.45) is 0.552. The Bertz CT molecular complexity index is 1080. The van der Waals surface area contributed by atoms with Crippen LogP contribution in [0, 0.1) is 0 Å². The van der Waals surface area contributed by atoms with Crippen molar-refractivity contribution < 1.29 is 13.2 Å². The van der Waals surface area contributed by atoms with Crippen LogP contribution in [0.2, 0.25) is 0 Å². The number of imidazole rings is 1. The van der Waals surface area contributed by atoms with Gasteiger partial charge in [0.1, 0.15) is 5.82 Å². The van der Waals surface area contributed by atoms with Crippen molar-refractivity contribution in [3.8, 4) is 0 Å². The number of nitrogens with zero attached hydrogens (tertiary/aromatic N) is 3. The van der Waals surface area contributed by atoms with Gasteiger partial charge in [0.15, 0.2) is 11.2 Å². The zero-order valence-corrected chi connectivity index (χ0v) is 16.0. The fourth-order valence-electron chi connectivity index (χ4n) is 3.83. The predicted molar refractivity (Wildman–Crippen MR) is 104 cm³/mol. The highest BCUT2D eigenvalue weighted by Crippen LogP contribution is 2.33. The van der Waals surface area contributed by atoms with E-state index in [1.807, 2.05) is 6.92 Å². The number of hydrogen-bond donors (Lipinski definition) is 2. The number of H-pyrrole nitrogens is 1. The first-order chi connectivity index (χ1) is 13.9. The quantitative estimate of drug-likeness (QED) is 0.630. The zero-order valence-electron chi connectivity index (χ0n) is 16.0. The molecule has 9 heteroatoms. The van der Waals surface area contributed by atoms with E-state index >= 15 is 0 Å². The largest absolute Gasteiger partial charge is 0.416 e. The first kappa shape index (κ1) is 19.5. The summed E-state index contributed by atoms with van der Waals surface area (Å²) in [7, 11) is 0. The molecule has 2 N–H and O–H groups in total. The fourth-order valence-corrected chi connectivity index (χ4v) is 3.83. The normalized spacial score (nSPS) is 15.3. The third-order valence-electron chi connectivity index (χ3n) is 5.26. The van der Waals surface area contributed by atoms with Crippen molar-refractivity contribution in [2.75, 3.05) is 5.32 Å². The van der Waals surface area contributed by atoms with Crippen molar-refractivity contribution in [1.82, 2.24) is 19.5 Å². The van der Waals surface area contributed by atoms with Crippen molar-refractivity contribution >= 4 is 22.8 Å². The van der Waals surface area contributed by atoms with Crippen LogP contribution in [-0.4, -0.2) is 19.5 Å². The number of halogens is 3. The highest BCUT2D eigenvalue weighted by molar-refractivity contribution is 5.72. The molecular weight excluding hydrogens is 383 g/mol. The van der Waals surface area contributed by atoms with Gasteiger partial charge in [-0.25, -0.2) is 4.98 Å². The Morgan fingerprint density at radius 2 is 2.00 bits per heavy atom. The molecule has 6 nitrogen and oxygen atoms in total. The van der Waals surface area contributed by atoms with Gasteiger partial charge in [0.05, 0.1) is 5.56 Å². The van der Waals surface area contributed by atoms with E-state index in [0.29, 0.717) is 30.0 Å². The minimum Gasteiger partial charge on any atom is -0.336 e. The second kappa shape index (κ2) is 7.53. The summed E-state index contributed by atoms with van der Waals surface area (Å²) in [6, 6.07) is 4.83. The molecule has 0 amide bonds. The molecule has 4 rings (SSSR count). The van der Waals surface area contributed by atoms with Crippen LogP contribution < -0.4 is 10.9 Å². The van der Waals surface area contributed by atoms with E-state index in [0.717, 1.165) is 43.6 Å². The van der Waals surface area contributed by atoms with Crippen LogP contribution in [0.15, 0.2) is 29.1 Å². The lowest BCUT2D eigenvalue weighted by atomic mass is 10.1. The maximum absolute atomic E-state index is 13.0. The molecule has 0 atom stereocenters. The van der Waals surface area contributed by atoms with Gasteiger partial charge in [0.25, 0.3) is 5.56 Å². The molecule has 3 aromatic rings. The van der Waals surface area contributed by atoms with Crippen LogP contribution in [0.4, 0.5) is 24.8 Å². The van der Waals surface area contributed by atoms with E-state index in [2.05, 4.69) is 20.3 Å². The van der Waals surface area contributed by atoms with Crippen LogP contribution in [0.1, 0.15) is 56.3 Å². The second-order valence-electron chi connectivity index (χ2n) is 7.40. The topological polar surface area (TPSA) is 75.6 Å². The smallest absolute Gasteiger partial charge is 0.336 e. The number of benzene rings is 1. The second-order valence-corrected chi connectivity index (χ2v) is 7.40. The average Bonchev–Trinajstić information content (AvgIpc) is 3.34. The Morgan fingerprint density at radius 3 is 2.69 bits per heavy atom. The summed E-state index contributed by atoms with van der Waals surface area (Å²) in [5.74, 6) is 1.25. The number of anilines is 2. The number of aromatic amines is 1. The lowest BCUT2D eigenvalue weighted by Crippen LogP contribution is -2.24. The summed E-state index contributed by atoms with van der Waals surface area (Å²) >= 11 is 0. The van der Waals surface area contributed by atoms with Gasteiger partial charge >= 0.3 is 6.18 Å². The molecule has 1 aliphatic carbocycles. The van der Waals surface area contributed by atoms with Gasteiger partial charge in [0.2, 0.25) is 5.95 Å². The van der Waals surface area contributed by atoms with Crippen molar-refractivity contribution in [2.45, 2.75) is 57.7 Å². The third-order valence-corrected chi connectivity index (χ3v) is 5.26. The van der Waals surface area contributed by atoms with Gasteiger partial charge in [-0.1, -0.05) is 25.8 Å². The molecule has 1 aliphatic rings. The number of hydrogen-bond acceptors (Lipinski definition) is 4. The minimum atomic E-state index is -4.45. The SMILES string of the molecule is CCCn1c(Nc2cccc(C(F)(F)F)c2)nc2nc(C3CCCC3)[nH]c2c1=O. The molecule has 0 bridgehead atoms. The van der Waals surface area contributed by atoms with Gasteiger partial charge in [-0.3, -0.25) is 9.36 Å². The molecule has 1 fully saturated rings. The Balaban J connectivity index is 1.76. The summed E-state index contributed by atoms with van der Waals surface area (Å²) in [5, 5.41) is 2.88. The Kier molecular flexibility index (Phi) is 5.06. The molecule has 1 aromatic carbocycles. The summed E-state index contributed by atoms with van der Waals surface area (Å²) in [5.41, 5.74) is -0.199.